The summed E-state index contributed by atoms with van der Waals surface area (Å²) in [6, 6.07) is -1.92. The molecular formula is C10H14N4O5. The van der Waals surface area contributed by atoms with Crippen molar-refractivity contribution in [2.24, 2.45) is 0 Å². The minimum Gasteiger partial charge on any atom is -0.481 e. The first-order valence-electron chi connectivity index (χ1n) is 5.45. The standard InChI is InChI=1S/C10H14N4O5/c15-8(16)2-1-7(9(17)18)14-10(19)11-3-6-4-12-13-5-6/h4-5,7H,1-3H2,(H,12,13)(H,15,16)(H,17,18)(H2,11,14,19). The van der Waals surface area contributed by atoms with E-state index in [2.05, 4.69) is 20.8 Å². The Balaban J connectivity index is 2.38. The second-order valence-electron chi connectivity index (χ2n) is 3.76. The SMILES string of the molecule is O=C(O)CCC(NC(=O)NCc1cn[nH]c1)C(=O)O. The van der Waals surface area contributed by atoms with Crippen LogP contribution in [0.4, 0.5) is 4.79 Å². The lowest BCUT2D eigenvalue weighted by atomic mass is 10.1. The van der Waals surface area contributed by atoms with Crippen molar-refractivity contribution in [1.29, 1.82) is 0 Å². The quantitative estimate of drug-likeness (QED) is 0.453. The van der Waals surface area contributed by atoms with E-state index in [0.29, 0.717) is 0 Å². The van der Waals surface area contributed by atoms with Gasteiger partial charge in [0.25, 0.3) is 0 Å². The number of aliphatic carboxylic acids is 2. The molecule has 1 aromatic heterocycles. The molecule has 5 N–H and O–H groups in total. The first-order chi connectivity index (χ1) is 8.99. The topological polar surface area (TPSA) is 144 Å². The Kier molecular flexibility index (Phi) is 5.33. The number of rotatable bonds is 7. The number of nitrogens with one attached hydrogen (secondary N) is 3. The number of hydrogen-bond donors (Lipinski definition) is 5. The van der Waals surface area contributed by atoms with Gasteiger partial charge in [-0.05, 0) is 6.42 Å². The summed E-state index contributed by atoms with van der Waals surface area (Å²) < 4.78 is 0. The Morgan fingerprint density at radius 3 is 2.63 bits per heavy atom. The van der Waals surface area contributed by atoms with Crippen LogP contribution in [0.2, 0.25) is 0 Å². The maximum Gasteiger partial charge on any atom is 0.326 e. The summed E-state index contributed by atoms with van der Waals surface area (Å²) in [6.45, 7) is 0.188. The highest BCUT2D eigenvalue weighted by molar-refractivity contribution is 5.82. The molecule has 1 atom stereocenters. The molecule has 0 saturated carbocycles. The average Bonchev–Trinajstić information content (AvgIpc) is 2.84. The van der Waals surface area contributed by atoms with Gasteiger partial charge in [-0.15, -0.1) is 0 Å². The predicted octanol–water partition coefficient (Wildman–Crippen LogP) is -0.473. The van der Waals surface area contributed by atoms with Gasteiger partial charge >= 0.3 is 18.0 Å². The Labute approximate surface area is 108 Å². The smallest absolute Gasteiger partial charge is 0.326 e. The lowest BCUT2D eigenvalue weighted by Gasteiger charge is -2.13. The molecule has 0 saturated heterocycles. The van der Waals surface area contributed by atoms with Crippen molar-refractivity contribution in [3.63, 3.8) is 0 Å². The van der Waals surface area contributed by atoms with E-state index in [9.17, 15) is 14.4 Å². The molecule has 0 fully saturated rings. The van der Waals surface area contributed by atoms with Crippen LogP contribution < -0.4 is 10.6 Å². The highest BCUT2D eigenvalue weighted by Crippen LogP contribution is 1.98. The fourth-order valence-electron chi connectivity index (χ4n) is 1.29. The molecule has 2 amide bonds. The first-order valence-corrected chi connectivity index (χ1v) is 5.45. The average molecular weight is 270 g/mol. The normalized spacial score (nSPS) is 11.6. The van der Waals surface area contributed by atoms with Gasteiger partial charge in [-0.1, -0.05) is 0 Å². The van der Waals surface area contributed by atoms with Gasteiger partial charge in [-0.25, -0.2) is 9.59 Å². The summed E-state index contributed by atoms with van der Waals surface area (Å²) in [6.07, 6.45) is 2.58. The Morgan fingerprint density at radius 1 is 1.37 bits per heavy atom. The maximum atomic E-state index is 11.4. The third-order valence-corrected chi connectivity index (χ3v) is 2.26. The Bertz CT molecular complexity index is 445. The number of urea groups is 1. The number of carbonyl (C=O) groups excluding carboxylic acids is 1. The van der Waals surface area contributed by atoms with Crippen LogP contribution in [0.1, 0.15) is 18.4 Å². The molecule has 1 aromatic rings. The molecule has 104 valence electrons. The number of carbonyl (C=O) groups is 3. The molecule has 0 radical (unpaired) electrons. The number of aromatic amines is 1. The van der Waals surface area contributed by atoms with E-state index in [1.54, 1.807) is 6.20 Å². The third kappa shape index (κ3) is 5.52. The summed E-state index contributed by atoms with van der Waals surface area (Å²) in [5.41, 5.74) is 0.729. The van der Waals surface area contributed by atoms with E-state index in [0.717, 1.165) is 5.56 Å². The van der Waals surface area contributed by atoms with E-state index in [4.69, 9.17) is 10.2 Å². The summed E-state index contributed by atoms with van der Waals surface area (Å²) >= 11 is 0. The Hall–Kier alpha value is -2.58. The van der Waals surface area contributed by atoms with Crippen molar-refractivity contribution < 1.29 is 24.6 Å². The fourth-order valence-corrected chi connectivity index (χ4v) is 1.29. The number of nitrogens with zero attached hydrogens (tertiary/aromatic N) is 1. The molecule has 9 nitrogen and oxygen atoms in total. The van der Waals surface area contributed by atoms with E-state index in [-0.39, 0.29) is 19.4 Å². The number of H-pyrrole nitrogens is 1. The molecule has 0 bridgehead atoms. The van der Waals surface area contributed by atoms with Gasteiger partial charge in [0, 0.05) is 24.7 Å². The monoisotopic (exact) mass is 270 g/mol. The highest BCUT2D eigenvalue weighted by atomic mass is 16.4. The van der Waals surface area contributed by atoms with Gasteiger partial charge in [0.2, 0.25) is 0 Å². The summed E-state index contributed by atoms with van der Waals surface area (Å²) in [5.74, 6) is -2.40. The van der Waals surface area contributed by atoms with Crippen LogP contribution in [-0.4, -0.2) is 44.4 Å². The van der Waals surface area contributed by atoms with Crippen LogP contribution in [0.5, 0.6) is 0 Å². The van der Waals surface area contributed by atoms with E-state index >= 15 is 0 Å². The van der Waals surface area contributed by atoms with Crippen molar-refractivity contribution >= 4 is 18.0 Å². The van der Waals surface area contributed by atoms with Gasteiger partial charge in [0.05, 0.1) is 6.20 Å². The molecule has 0 aromatic carbocycles. The van der Waals surface area contributed by atoms with Crippen molar-refractivity contribution in [2.75, 3.05) is 0 Å². The molecule has 1 unspecified atom stereocenters. The minimum atomic E-state index is -1.28. The van der Waals surface area contributed by atoms with Crippen LogP contribution in [0.15, 0.2) is 12.4 Å². The van der Waals surface area contributed by atoms with Crippen LogP contribution >= 0.6 is 0 Å². The molecule has 0 aliphatic heterocycles. The van der Waals surface area contributed by atoms with Crippen LogP contribution in [0.25, 0.3) is 0 Å². The molecule has 1 heterocycles. The number of hydrogen-bond acceptors (Lipinski definition) is 4. The molecule has 0 aliphatic carbocycles. The molecule has 9 heteroatoms. The number of carboxylic acid groups (broad SMARTS) is 2. The van der Waals surface area contributed by atoms with Crippen molar-refractivity contribution in [2.45, 2.75) is 25.4 Å². The summed E-state index contributed by atoms with van der Waals surface area (Å²) in [7, 11) is 0. The van der Waals surface area contributed by atoms with Gasteiger partial charge in [0.15, 0.2) is 0 Å². The van der Waals surface area contributed by atoms with Crippen LogP contribution in [-0.2, 0) is 16.1 Å². The second-order valence-corrected chi connectivity index (χ2v) is 3.76. The zero-order chi connectivity index (χ0) is 14.3. The lowest BCUT2D eigenvalue weighted by Crippen LogP contribution is -2.45. The van der Waals surface area contributed by atoms with E-state index in [1.807, 2.05) is 0 Å². The molecule has 1 rings (SSSR count). The highest BCUT2D eigenvalue weighted by Gasteiger charge is 2.20. The van der Waals surface area contributed by atoms with Gasteiger partial charge < -0.3 is 20.8 Å². The minimum absolute atomic E-state index is 0.177. The van der Waals surface area contributed by atoms with Gasteiger partial charge in [-0.2, -0.15) is 5.10 Å². The number of carboxylic acids is 2. The first kappa shape index (κ1) is 14.5. The van der Waals surface area contributed by atoms with Crippen molar-refractivity contribution in [3.8, 4) is 0 Å². The van der Waals surface area contributed by atoms with Gasteiger partial charge in [0.1, 0.15) is 6.04 Å². The van der Waals surface area contributed by atoms with Crippen LogP contribution in [0.3, 0.4) is 0 Å². The van der Waals surface area contributed by atoms with Crippen molar-refractivity contribution in [3.05, 3.63) is 18.0 Å². The molecule has 0 aliphatic rings. The number of aromatic nitrogens is 2. The zero-order valence-corrected chi connectivity index (χ0v) is 9.92. The van der Waals surface area contributed by atoms with E-state index < -0.39 is 24.0 Å². The lowest BCUT2D eigenvalue weighted by molar-refractivity contribution is -0.140. The zero-order valence-electron chi connectivity index (χ0n) is 9.92. The van der Waals surface area contributed by atoms with Crippen LogP contribution in [0, 0.1) is 0 Å². The largest absolute Gasteiger partial charge is 0.481 e. The second kappa shape index (κ2) is 6.99. The molecule has 0 spiro atoms. The van der Waals surface area contributed by atoms with E-state index in [1.165, 1.54) is 6.20 Å². The number of amides is 2. The summed E-state index contributed by atoms with van der Waals surface area (Å²) in [5, 5.41) is 28.2. The molecule has 19 heavy (non-hydrogen) atoms. The fraction of sp³-hybridized carbons (Fsp3) is 0.400. The van der Waals surface area contributed by atoms with Crippen molar-refractivity contribution in [1.82, 2.24) is 20.8 Å². The van der Waals surface area contributed by atoms with Gasteiger partial charge in [-0.3, -0.25) is 9.89 Å². The Morgan fingerprint density at radius 2 is 2.11 bits per heavy atom. The summed E-state index contributed by atoms with van der Waals surface area (Å²) in [4.78, 5) is 32.6. The maximum absolute atomic E-state index is 11.4. The third-order valence-electron chi connectivity index (χ3n) is 2.26. The molecular weight excluding hydrogens is 256 g/mol. The predicted molar refractivity (Wildman–Crippen MR) is 62.3 cm³/mol.